The molecule has 0 aliphatic rings. The van der Waals surface area contributed by atoms with E-state index in [1.165, 1.54) is 12.1 Å². The van der Waals surface area contributed by atoms with Gasteiger partial charge in [0.2, 0.25) is 0 Å². The zero-order valence-electron chi connectivity index (χ0n) is 20.8. The van der Waals surface area contributed by atoms with Crippen molar-refractivity contribution in [2.75, 3.05) is 11.9 Å². The molecule has 4 aromatic carbocycles. The molecule has 4 rings (SSSR count). The number of hydrogen-bond acceptors (Lipinski definition) is 7. The fourth-order valence-electron chi connectivity index (χ4n) is 3.92. The lowest BCUT2D eigenvalue weighted by Gasteiger charge is -2.13. The number of hydrogen-bond donors (Lipinski definition) is 3. The van der Waals surface area contributed by atoms with Crippen molar-refractivity contribution < 1.29 is 27.6 Å². The molecule has 3 N–H and O–H groups in total. The van der Waals surface area contributed by atoms with Crippen LogP contribution in [-0.4, -0.2) is 30.6 Å². The molecule has 0 aliphatic heterocycles. The molecule has 0 atom stereocenters. The topological polar surface area (TPSA) is 138 Å². The molecule has 0 aromatic heterocycles. The van der Waals surface area contributed by atoms with E-state index in [1.54, 1.807) is 49.4 Å². The minimum absolute atomic E-state index is 0.0159. The molecule has 0 spiro atoms. The van der Waals surface area contributed by atoms with Crippen molar-refractivity contribution in [3.8, 4) is 11.5 Å². The number of benzene rings is 4. The van der Waals surface area contributed by atoms with Crippen LogP contribution in [0.25, 0.3) is 10.8 Å². The molecular weight excluding hydrogens is 565 g/mol. The van der Waals surface area contributed by atoms with Gasteiger partial charge in [-0.15, -0.1) is 5.11 Å². The predicted molar refractivity (Wildman–Crippen MR) is 151 cm³/mol. The van der Waals surface area contributed by atoms with Gasteiger partial charge in [-0.3, -0.25) is 9.35 Å². The summed E-state index contributed by atoms with van der Waals surface area (Å²) in [5.74, 6) is -0.707. The number of phenols is 1. The lowest BCUT2D eigenvalue weighted by Crippen LogP contribution is -2.13. The average Bonchev–Trinajstić information content (AvgIpc) is 2.89. The van der Waals surface area contributed by atoms with Crippen LogP contribution in [0.5, 0.6) is 11.5 Å². The van der Waals surface area contributed by atoms with E-state index in [2.05, 4.69) is 15.5 Å². The van der Waals surface area contributed by atoms with Gasteiger partial charge in [-0.05, 0) is 54.6 Å². The van der Waals surface area contributed by atoms with Gasteiger partial charge < -0.3 is 15.2 Å². The molecule has 0 unspecified atom stereocenters. The van der Waals surface area contributed by atoms with E-state index < -0.39 is 26.7 Å². The maximum absolute atomic E-state index is 13.3. The van der Waals surface area contributed by atoms with Gasteiger partial charge in [-0.2, -0.15) is 13.5 Å². The first kappa shape index (κ1) is 28.3. The zero-order valence-corrected chi connectivity index (χ0v) is 23.1. The van der Waals surface area contributed by atoms with Gasteiger partial charge in [0.25, 0.3) is 16.0 Å². The Kier molecular flexibility index (Phi) is 8.41. The molecule has 0 bridgehead atoms. The predicted octanol–water partition coefficient (Wildman–Crippen LogP) is 7.73. The highest BCUT2D eigenvalue weighted by Gasteiger charge is 2.21. The van der Waals surface area contributed by atoms with Gasteiger partial charge in [-0.1, -0.05) is 60.5 Å². The first-order chi connectivity index (χ1) is 18.5. The lowest BCUT2D eigenvalue weighted by atomic mass is 10.0. The smallest absolute Gasteiger partial charge is 0.296 e. The average molecular weight is 588 g/mol. The molecule has 0 radical (unpaired) electrons. The Bertz CT molecular complexity index is 1720. The van der Waals surface area contributed by atoms with Gasteiger partial charge in [-0.25, -0.2) is 0 Å². The second-order valence-corrected chi connectivity index (χ2v) is 10.5. The molecule has 0 fully saturated rings. The van der Waals surface area contributed by atoms with E-state index in [0.29, 0.717) is 35.1 Å². The number of fused-ring (bicyclic) bond motifs is 1. The summed E-state index contributed by atoms with van der Waals surface area (Å²) >= 11 is 12.4. The highest BCUT2D eigenvalue weighted by molar-refractivity contribution is 7.86. The van der Waals surface area contributed by atoms with Crippen LogP contribution in [0.15, 0.2) is 75.8 Å². The van der Waals surface area contributed by atoms with Crippen LogP contribution in [-0.2, 0) is 16.5 Å². The summed E-state index contributed by atoms with van der Waals surface area (Å²) < 4.78 is 38.5. The molecule has 0 saturated carbocycles. The van der Waals surface area contributed by atoms with Gasteiger partial charge >= 0.3 is 0 Å². The Labute approximate surface area is 234 Å². The Morgan fingerprint density at radius 2 is 1.77 bits per heavy atom. The Morgan fingerprint density at radius 3 is 2.46 bits per heavy atom. The van der Waals surface area contributed by atoms with Crippen molar-refractivity contribution in [2.24, 2.45) is 10.2 Å². The monoisotopic (exact) mass is 587 g/mol. The molecule has 202 valence electrons. The van der Waals surface area contributed by atoms with Crippen LogP contribution in [0.2, 0.25) is 10.0 Å². The molecule has 39 heavy (non-hydrogen) atoms. The SMILES string of the molecule is CCOc1cccc(NC(=O)c2cc3ccccc3c(N=Nc3cc(S(=O)(=O)O)c(Cl)cc3CC)c2O)c1Cl. The van der Waals surface area contributed by atoms with Crippen LogP contribution in [0.4, 0.5) is 17.1 Å². The molecule has 4 aromatic rings. The van der Waals surface area contributed by atoms with E-state index in [0.717, 1.165) is 6.07 Å². The number of aromatic hydroxyl groups is 1. The molecule has 9 nitrogen and oxygen atoms in total. The number of aryl methyl sites for hydroxylation is 1. The molecule has 0 saturated heterocycles. The van der Waals surface area contributed by atoms with Crippen molar-refractivity contribution in [3.63, 3.8) is 0 Å². The summed E-state index contributed by atoms with van der Waals surface area (Å²) in [5, 5.41) is 23.3. The van der Waals surface area contributed by atoms with Gasteiger partial charge in [0, 0.05) is 5.39 Å². The van der Waals surface area contributed by atoms with Gasteiger partial charge in [0.05, 0.1) is 28.6 Å². The maximum Gasteiger partial charge on any atom is 0.296 e. The maximum atomic E-state index is 13.3. The molecule has 12 heteroatoms. The number of rotatable bonds is 8. The zero-order chi connectivity index (χ0) is 28.3. The molecule has 0 aliphatic carbocycles. The summed E-state index contributed by atoms with van der Waals surface area (Å²) in [5.41, 5.74) is 0.851. The summed E-state index contributed by atoms with van der Waals surface area (Å²) in [6.07, 6.45) is 0.427. The number of halogens is 2. The fraction of sp³-hybridized carbons (Fsp3) is 0.148. The number of anilines is 1. The van der Waals surface area contributed by atoms with Crippen LogP contribution in [0.1, 0.15) is 29.8 Å². The van der Waals surface area contributed by atoms with E-state index in [4.69, 9.17) is 27.9 Å². The third kappa shape index (κ3) is 5.99. The molecule has 1 amide bonds. The minimum atomic E-state index is -4.62. The Balaban J connectivity index is 1.81. The van der Waals surface area contributed by atoms with Crippen molar-refractivity contribution in [3.05, 3.63) is 81.8 Å². The summed E-state index contributed by atoms with van der Waals surface area (Å²) in [4.78, 5) is 12.7. The third-order valence-electron chi connectivity index (χ3n) is 5.80. The number of azo groups is 1. The standard InChI is InChI=1S/C27H23Cl2N3O6S/c1-3-15-13-19(28)23(39(35,36)37)14-21(15)31-32-25-17-9-6-5-8-16(17)12-18(26(25)33)27(34)30-20-10-7-11-22(24(20)29)38-4-2/h5-14,33H,3-4H2,1-2H3,(H,30,34)(H,35,36,37). The van der Waals surface area contributed by atoms with Crippen LogP contribution < -0.4 is 10.1 Å². The van der Waals surface area contributed by atoms with E-state index in [1.807, 2.05) is 6.92 Å². The van der Waals surface area contributed by atoms with Gasteiger partial charge in [0.15, 0.2) is 5.75 Å². The van der Waals surface area contributed by atoms with E-state index >= 15 is 0 Å². The lowest BCUT2D eigenvalue weighted by molar-refractivity contribution is 0.102. The Morgan fingerprint density at radius 1 is 1.03 bits per heavy atom. The Hall–Kier alpha value is -3.70. The van der Waals surface area contributed by atoms with Gasteiger partial charge in [0.1, 0.15) is 21.4 Å². The molecular formula is C27H23Cl2N3O6S. The van der Waals surface area contributed by atoms with Crippen LogP contribution in [0.3, 0.4) is 0 Å². The second kappa shape index (κ2) is 11.6. The number of nitrogens with one attached hydrogen (secondary N) is 1. The second-order valence-electron chi connectivity index (χ2n) is 8.29. The quantitative estimate of drug-likeness (QED) is 0.142. The fourth-order valence-corrected chi connectivity index (χ4v) is 5.19. The van der Waals surface area contributed by atoms with Crippen molar-refractivity contribution in [1.82, 2.24) is 0 Å². The van der Waals surface area contributed by atoms with Crippen LogP contribution in [0, 0.1) is 0 Å². The van der Waals surface area contributed by atoms with E-state index in [-0.39, 0.29) is 32.7 Å². The minimum Gasteiger partial charge on any atom is -0.505 e. The number of carbonyl (C=O) groups excluding carboxylic acids is 1. The highest BCUT2D eigenvalue weighted by atomic mass is 35.5. The molecule has 0 heterocycles. The highest BCUT2D eigenvalue weighted by Crippen LogP contribution is 2.41. The largest absolute Gasteiger partial charge is 0.505 e. The van der Waals surface area contributed by atoms with Crippen molar-refractivity contribution in [1.29, 1.82) is 0 Å². The van der Waals surface area contributed by atoms with Crippen molar-refractivity contribution in [2.45, 2.75) is 25.2 Å². The first-order valence-electron chi connectivity index (χ1n) is 11.7. The summed E-state index contributed by atoms with van der Waals surface area (Å²) in [6.45, 7) is 4.00. The normalized spacial score (nSPS) is 11.7. The number of phenolic OH excluding ortho intramolecular Hbond substituents is 1. The first-order valence-corrected chi connectivity index (χ1v) is 13.9. The van der Waals surface area contributed by atoms with E-state index in [9.17, 15) is 22.9 Å². The van der Waals surface area contributed by atoms with Crippen molar-refractivity contribution >= 4 is 67.1 Å². The number of ether oxygens (including phenoxy) is 1. The summed E-state index contributed by atoms with van der Waals surface area (Å²) in [6, 6.07) is 15.9. The summed E-state index contributed by atoms with van der Waals surface area (Å²) in [7, 11) is -4.62. The number of nitrogens with zero attached hydrogens (tertiary/aromatic N) is 2. The number of carbonyl (C=O) groups is 1. The van der Waals surface area contributed by atoms with Crippen LogP contribution >= 0.6 is 23.2 Å². The third-order valence-corrected chi connectivity index (χ3v) is 7.51. The number of amides is 1.